The van der Waals surface area contributed by atoms with Crippen molar-refractivity contribution in [2.24, 2.45) is 0 Å². The zero-order valence-corrected chi connectivity index (χ0v) is 11.8. The first-order valence-electron chi connectivity index (χ1n) is 6.63. The third kappa shape index (κ3) is 3.47. The number of halogens is 3. The summed E-state index contributed by atoms with van der Waals surface area (Å²) in [5.74, 6) is 0.0105. The Bertz CT molecular complexity index is 519. The summed E-state index contributed by atoms with van der Waals surface area (Å²) in [7, 11) is 1.48. The number of methoxy groups -OCH3 is 1. The highest BCUT2D eigenvalue weighted by Crippen LogP contribution is 2.31. The maximum absolute atomic E-state index is 12.7. The number of ether oxygens (including phenoxy) is 1. The highest BCUT2D eigenvalue weighted by Gasteiger charge is 2.44. The molecule has 0 spiro atoms. The van der Waals surface area contributed by atoms with E-state index < -0.39 is 30.8 Å². The van der Waals surface area contributed by atoms with Crippen LogP contribution in [0, 0.1) is 0 Å². The molecule has 1 amide bonds. The average Bonchev–Trinajstić information content (AvgIpc) is 2.74. The molecule has 7 heteroatoms. The van der Waals surface area contributed by atoms with Crippen molar-refractivity contribution in [2.45, 2.75) is 31.7 Å². The molecule has 1 aromatic rings. The van der Waals surface area contributed by atoms with Crippen molar-refractivity contribution in [2.75, 3.05) is 13.7 Å². The Morgan fingerprint density at radius 2 is 2.10 bits per heavy atom. The lowest BCUT2D eigenvalue weighted by atomic mass is 10.1. The Labute approximate surface area is 120 Å². The molecule has 1 heterocycles. The summed E-state index contributed by atoms with van der Waals surface area (Å²) >= 11 is 0. The minimum absolute atomic E-state index is 0.438. The number of benzene rings is 1. The summed E-state index contributed by atoms with van der Waals surface area (Å²) in [6.45, 7) is 0.493. The van der Waals surface area contributed by atoms with E-state index >= 15 is 0 Å². The molecule has 0 aliphatic carbocycles. The lowest BCUT2D eigenvalue weighted by Crippen LogP contribution is -2.38. The zero-order valence-electron chi connectivity index (χ0n) is 11.8. The molecular weight excluding hydrogens is 285 g/mol. The van der Waals surface area contributed by atoms with Gasteiger partial charge in [0.25, 0.3) is 0 Å². The molecule has 0 saturated carbocycles. The molecule has 0 aromatic heterocycles. The molecule has 2 atom stereocenters. The van der Waals surface area contributed by atoms with E-state index in [0.717, 1.165) is 4.90 Å². The summed E-state index contributed by atoms with van der Waals surface area (Å²) in [4.78, 5) is 12.9. The van der Waals surface area contributed by atoms with E-state index in [0.29, 0.717) is 17.7 Å². The first kappa shape index (κ1) is 15.6. The molecule has 1 saturated heterocycles. The first-order valence-corrected chi connectivity index (χ1v) is 6.63. The van der Waals surface area contributed by atoms with Crippen molar-refractivity contribution in [1.29, 1.82) is 0 Å². The number of nitrogens with one attached hydrogen (secondary N) is 1. The van der Waals surface area contributed by atoms with Gasteiger partial charge in [-0.05, 0) is 24.1 Å². The van der Waals surface area contributed by atoms with Crippen molar-refractivity contribution in [3.8, 4) is 5.75 Å². The van der Waals surface area contributed by atoms with Crippen LogP contribution >= 0.6 is 0 Å². The van der Waals surface area contributed by atoms with E-state index in [2.05, 4.69) is 5.32 Å². The second kappa shape index (κ2) is 5.93. The van der Waals surface area contributed by atoms with Crippen LogP contribution in [0.25, 0.3) is 0 Å². The van der Waals surface area contributed by atoms with E-state index in [1.807, 2.05) is 0 Å². The van der Waals surface area contributed by atoms with Crippen LogP contribution in [-0.4, -0.2) is 36.7 Å². The Balaban J connectivity index is 2.31. The molecule has 1 aromatic carbocycles. The van der Waals surface area contributed by atoms with Crippen LogP contribution in [-0.2, 0) is 4.79 Å². The highest BCUT2D eigenvalue weighted by molar-refractivity contribution is 5.84. The predicted molar refractivity (Wildman–Crippen MR) is 70.7 cm³/mol. The van der Waals surface area contributed by atoms with Gasteiger partial charge in [0, 0.05) is 0 Å². The third-order valence-corrected chi connectivity index (χ3v) is 3.42. The minimum atomic E-state index is -4.43. The van der Waals surface area contributed by atoms with Gasteiger partial charge in [-0.2, -0.15) is 13.2 Å². The number of hydrogen-bond acceptors (Lipinski definition) is 3. The summed E-state index contributed by atoms with van der Waals surface area (Å²) in [6.07, 6.45) is -4.79. The maximum atomic E-state index is 12.7. The second-order valence-corrected chi connectivity index (χ2v) is 4.89. The normalized spacial score (nSPS) is 22.7. The number of carbonyl (C=O) groups is 1. The van der Waals surface area contributed by atoms with Crippen molar-refractivity contribution in [3.05, 3.63) is 29.8 Å². The molecule has 0 radical (unpaired) electrons. The lowest BCUT2D eigenvalue weighted by Gasteiger charge is -2.25. The molecule has 1 fully saturated rings. The average molecular weight is 302 g/mol. The lowest BCUT2D eigenvalue weighted by molar-refractivity contribution is -0.161. The molecule has 21 heavy (non-hydrogen) atoms. The molecule has 2 rings (SSSR count). The molecule has 1 aliphatic heterocycles. The summed E-state index contributed by atoms with van der Waals surface area (Å²) in [5.41, 5.74) is 0.572. The van der Waals surface area contributed by atoms with Crippen LogP contribution in [0.4, 0.5) is 13.2 Å². The fourth-order valence-electron chi connectivity index (χ4n) is 2.42. The Morgan fingerprint density at radius 1 is 1.38 bits per heavy atom. The smallest absolute Gasteiger partial charge is 0.406 e. The first-order chi connectivity index (χ1) is 9.85. The van der Waals surface area contributed by atoms with Gasteiger partial charge < -0.3 is 9.64 Å². The van der Waals surface area contributed by atoms with Crippen LogP contribution in [0.5, 0.6) is 5.75 Å². The zero-order chi connectivity index (χ0) is 15.6. The fraction of sp³-hybridized carbons (Fsp3) is 0.500. The number of carbonyl (C=O) groups excluding carboxylic acids is 1. The topological polar surface area (TPSA) is 41.6 Å². The van der Waals surface area contributed by atoms with Crippen LogP contribution < -0.4 is 10.1 Å². The van der Waals surface area contributed by atoms with E-state index in [1.54, 1.807) is 31.2 Å². The van der Waals surface area contributed by atoms with E-state index in [4.69, 9.17) is 4.74 Å². The van der Waals surface area contributed by atoms with Crippen LogP contribution in [0.3, 0.4) is 0 Å². The molecule has 1 aliphatic rings. The van der Waals surface area contributed by atoms with Gasteiger partial charge in [0.15, 0.2) is 0 Å². The Morgan fingerprint density at radius 3 is 2.67 bits per heavy atom. The highest BCUT2D eigenvalue weighted by atomic mass is 19.4. The molecule has 0 bridgehead atoms. The van der Waals surface area contributed by atoms with E-state index in [1.165, 1.54) is 7.11 Å². The monoisotopic (exact) mass is 302 g/mol. The molecular formula is C14H17F3N2O2. The van der Waals surface area contributed by atoms with Gasteiger partial charge in [0.05, 0.1) is 13.2 Å². The van der Waals surface area contributed by atoms with Gasteiger partial charge in [-0.15, -0.1) is 0 Å². The number of amides is 1. The number of alkyl halides is 3. The van der Waals surface area contributed by atoms with Crippen LogP contribution in [0.1, 0.15) is 25.1 Å². The van der Waals surface area contributed by atoms with Crippen molar-refractivity contribution in [1.82, 2.24) is 10.2 Å². The fourth-order valence-corrected chi connectivity index (χ4v) is 2.42. The maximum Gasteiger partial charge on any atom is 0.406 e. The molecule has 2 unspecified atom stereocenters. The second-order valence-electron chi connectivity index (χ2n) is 4.89. The standard InChI is InChI=1S/C14H17F3N2O2/c1-3-11-13(20)19(8-14(15,16)17)12(18-11)9-5-4-6-10(7-9)21-2/h4-7,11-12,18H,3,8H2,1-2H3. The van der Waals surface area contributed by atoms with Crippen molar-refractivity contribution >= 4 is 5.91 Å². The van der Waals surface area contributed by atoms with Gasteiger partial charge >= 0.3 is 6.18 Å². The Hall–Kier alpha value is -1.76. The molecule has 1 N–H and O–H groups in total. The number of nitrogens with zero attached hydrogens (tertiary/aromatic N) is 1. The van der Waals surface area contributed by atoms with Gasteiger partial charge in [0.1, 0.15) is 18.5 Å². The predicted octanol–water partition coefficient (Wildman–Crippen LogP) is 2.47. The van der Waals surface area contributed by atoms with Gasteiger partial charge in [-0.25, -0.2) is 0 Å². The SMILES string of the molecule is CCC1NC(c2cccc(OC)c2)N(CC(F)(F)F)C1=O. The van der Waals surface area contributed by atoms with Gasteiger partial charge in [0.2, 0.25) is 5.91 Å². The van der Waals surface area contributed by atoms with Crippen LogP contribution in [0.2, 0.25) is 0 Å². The number of hydrogen-bond donors (Lipinski definition) is 1. The van der Waals surface area contributed by atoms with Crippen molar-refractivity contribution in [3.63, 3.8) is 0 Å². The largest absolute Gasteiger partial charge is 0.497 e. The summed E-state index contributed by atoms with van der Waals surface area (Å²) in [5, 5.41) is 2.95. The quantitative estimate of drug-likeness (QED) is 0.929. The number of rotatable bonds is 4. The third-order valence-electron chi connectivity index (χ3n) is 3.42. The van der Waals surface area contributed by atoms with Crippen LogP contribution in [0.15, 0.2) is 24.3 Å². The van der Waals surface area contributed by atoms with Gasteiger partial charge in [-0.1, -0.05) is 19.1 Å². The van der Waals surface area contributed by atoms with E-state index in [-0.39, 0.29) is 0 Å². The van der Waals surface area contributed by atoms with E-state index in [9.17, 15) is 18.0 Å². The summed E-state index contributed by atoms with van der Waals surface area (Å²) < 4.78 is 43.2. The van der Waals surface area contributed by atoms with Crippen molar-refractivity contribution < 1.29 is 22.7 Å². The molecule has 116 valence electrons. The molecule has 4 nitrogen and oxygen atoms in total. The minimum Gasteiger partial charge on any atom is -0.497 e. The van der Waals surface area contributed by atoms with Gasteiger partial charge in [-0.3, -0.25) is 10.1 Å². The Kier molecular flexibility index (Phi) is 4.41. The summed E-state index contributed by atoms with van der Waals surface area (Å²) in [6, 6.07) is 6.10.